The van der Waals surface area contributed by atoms with Crippen LogP contribution in [0.2, 0.25) is 0 Å². The number of rotatable bonds is 0. The molecule has 0 atom stereocenters. The molecule has 8 heteroatoms. The summed E-state index contributed by atoms with van der Waals surface area (Å²) in [7, 11) is 0. The van der Waals surface area contributed by atoms with Gasteiger partial charge in [0.2, 0.25) is 0 Å². The van der Waals surface area contributed by atoms with Gasteiger partial charge in [-0.3, -0.25) is 0 Å². The van der Waals surface area contributed by atoms with Gasteiger partial charge in [0.15, 0.2) is 17.3 Å². The molecule has 0 saturated heterocycles. The molecule has 4 aromatic heterocycles. The summed E-state index contributed by atoms with van der Waals surface area (Å²) in [6, 6.07) is 13.9. The molecule has 1 aliphatic heterocycles. The van der Waals surface area contributed by atoms with Gasteiger partial charge in [0, 0.05) is 34.4 Å². The standard InChI is InChI=1S/C27H26N8/c1-25(2)20-10-8-12-22(30-20)34-15-17(19(14-28)32-34)26(3,4)27(5,6)18-16-35(33-24(18)29-7)23-13-9-11-21(25)31-23/h8-13,15-16H,1-6H3. The van der Waals surface area contributed by atoms with E-state index in [1.807, 2.05) is 48.8 Å². The van der Waals surface area contributed by atoms with Crippen LogP contribution in [-0.2, 0) is 16.2 Å². The van der Waals surface area contributed by atoms with Crippen LogP contribution >= 0.6 is 0 Å². The normalized spacial score (nSPS) is 16.9. The fourth-order valence-electron chi connectivity index (χ4n) is 4.64. The van der Waals surface area contributed by atoms with E-state index in [-0.39, 0.29) is 0 Å². The first-order valence-electron chi connectivity index (χ1n) is 11.4. The number of nitrogens with zero attached hydrogens (tertiary/aromatic N) is 8. The smallest absolute Gasteiger partial charge is 0.299 e. The molecule has 0 amide bonds. The summed E-state index contributed by atoms with van der Waals surface area (Å²) in [6.07, 6.45) is 3.78. The quantitative estimate of drug-likeness (QED) is 0.337. The first kappa shape index (κ1) is 22.5. The first-order valence-corrected chi connectivity index (χ1v) is 11.4. The van der Waals surface area contributed by atoms with Crippen molar-refractivity contribution >= 4 is 5.82 Å². The van der Waals surface area contributed by atoms with Crippen molar-refractivity contribution in [1.29, 1.82) is 5.26 Å². The molecule has 35 heavy (non-hydrogen) atoms. The second-order valence-electron chi connectivity index (χ2n) is 10.5. The van der Waals surface area contributed by atoms with Crippen LogP contribution in [0.3, 0.4) is 0 Å². The van der Waals surface area contributed by atoms with Crippen LogP contribution in [0.25, 0.3) is 16.5 Å². The predicted octanol–water partition coefficient (Wildman–Crippen LogP) is 5.17. The molecular weight excluding hydrogens is 436 g/mol. The highest BCUT2D eigenvalue weighted by Gasteiger charge is 2.45. The second kappa shape index (κ2) is 7.35. The summed E-state index contributed by atoms with van der Waals surface area (Å²) in [5, 5.41) is 19.2. The van der Waals surface area contributed by atoms with E-state index in [0.29, 0.717) is 23.1 Å². The fourth-order valence-corrected chi connectivity index (χ4v) is 4.64. The second-order valence-corrected chi connectivity index (χ2v) is 10.5. The van der Waals surface area contributed by atoms with Gasteiger partial charge in [-0.1, -0.05) is 46.4 Å². The van der Waals surface area contributed by atoms with E-state index in [4.69, 9.17) is 16.5 Å². The van der Waals surface area contributed by atoms with Gasteiger partial charge in [0.05, 0.1) is 11.4 Å². The zero-order chi connectivity index (χ0) is 25.2. The van der Waals surface area contributed by atoms with Crippen molar-refractivity contribution in [2.75, 3.05) is 0 Å². The Morgan fingerprint density at radius 1 is 0.800 bits per heavy atom. The van der Waals surface area contributed by atoms with Crippen molar-refractivity contribution in [3.63, 3.8) is 0 Å². The molecule has 5 heterocycles. The molecule has 0 aromatic carbocycles. The van der Waals surface area contributed by atoms with Crippen LogP contribution < -0.4 is 0 Å². The third-order valence-corrected chi connectivity index (χ3v) is 7.75. The zero-order valence-electron chi connectivity index (χ0n) is 20.7. The van der Waals surface area contributed by atoms with E-state index in [2.05, 4.69) is 62.7 Å². The largest absolute Gasteiger partial charge is 0.359 e. The third kappa shape index (κ3) is 3.18. The van der Waals surface area contributed by atoms with Crippen molar-refractivity contribution in [3.05, 3.63) is 88.4 Å². The SMILES string of the molecule is [C-]#[N+]c1nn2cc1C(C)(C)C(C)(C)c1cn(nc1C#N)-c1cccc(n1)C(C)(C)c1cccc-2n1. The van der Waals surface area contributed by atoms with Crippen molar-refractivity contribution in [2.45, 2.75) is 57.8 Å². The Labute approximate surface area is 204 Å². The van der Waals surface area contributed by atoms with Crippen LogP contribution in [0.15, 0.2) is 48.8 Å². The van der Waals surface area contributed by atoms with E-state index in [9.17, 15) is 5.26 Å². The molecule has 0 N–H and O–H groups in total. The Kier molecular flexibility index (Phi) is 4.72. The maximum absolute atomic E-state index is 9.98. The molecule has 4 aromatic rings. The molecule has 8 nitrogen and oxygen atoms in total. The predicted molar refractivity (Wildman–Crippen MR) is 132 cm³/mol. The minimum absolute atomic E-state index is 0.319. The highest BCUT2D eigenvalue weighted by molar-refractivity contribution is 5.54. The van der Waals surface area contributed by atoms with Gasteiger partial charge >= 0.3 is 0 Å². The molecular formula is C27H26N8. The third-order valence-electron chi connectivity index (χ3n) is 7.75. The summed E-state index contributed by atoms with van der Waals surface area (Å²) in [6.45, 7) is 20.3. The Morgan fingerprint density at radius 3 is 1.86 bits per heavy atom. The van der Waals surface area contributed by atoms with Gasteiger partial charge in [-0.15, -0.1) is 4.68 Å². The van der Waals surface area contributed by atoms with Crippen LogP contribution in [-0.4, -0.2) is 29.5 Å². The lowest BCUT2D eigenvalue weighted by atomic mass is 9.61. The summed E-state index contributed by atoms with van der Waals surface area (Å²) in [5.74, 6) is 1.58. The molecule has 174 valence electrons. The first-order chi connectivity index (χ1) is 16.5. The van der Waals surface area contributed by atoms with Crippen molar-refractivity contribution < 1.29 is 0 Å². The molecule has 0 radical (unpaired) electrons. The van der Waals surface area contributed by atoms with Gasteiger partial charge in [-0.05, 0) is 48.6 Å². The maximum Gasteiger partial charge on any atom is 0.299 e. The highest BCUT2D eigenvalue weighted by atomic mass is 15.3. The lowest BCUT2D eigenvalue weighted by Gasteiger charge is -2.41. The van der Waals surface area contributed by atoms with Crippen molar-refractivity contribution in [2.24, 2.45) is 0 Å². The number of pyridine rings is 2. The average molecular weight is 463 g/mol. The molecule has 0 saturated carbocycles. The van der Waals surface area contributed by atoms with E-state index < -0.39 is 16.2 Å². The molecule has 8 bridgehead atoms. The van der Waals surface area contributed by atoms with Crippen LogP contribution in [0.5, 0.6) is 0 Å². The maximum atomic E-state index is 9.98. The van der Waals surface area contributed by atoms with Crippen molar-refractivity contribution in [1.82, 2.24) is 29.5 Å². The zero-order valence-corrected chi connectivity index (χ0v) is 20.7. The minimum Gasteiger partial charge on any atom is -0.359 e. The molecule has 5 rings (SSSR count). The Bertz CT molecular complexity index is 1440. The number of hydrogen-bond acceptors (Lipinski definition) is 5. The van der Waals surface area contributed by atoms with Crippen LogP contribution in [0, 0.1) is 17.9 Å². The molecule has 0 unspecified atom stereocenters. The van der Waals surface area contributed by atoms with Gasteiger partial charge in [-0.25, -0.2) is 14.6 Å². The Hall–Kier alpha value is -4.30. The average Bonchev–Trinajstić information content (AvgIpc) is 3.49. The van der Waals surface area contributed by atoms with E-state index in [1.54, 1.807) is 9.36 Å². The van der Waals surface area contributed by atoms with E-state index in [0.717, 1.165) is 22.5 Å². The lowest BCUT2D eigenvalue weighted by molar-refractivity contribution is 0.303. The van der Waals surface area contributed by atoms with Gasteiger partial charge in [0.25, 0.3) is 5.82 Å². The van der Waals surface area contributed by atoms with Gasteiger partial charge in [-0.2, -0.15) is 10.4 Å². The van der Waals surface area contributed by atoms with E-state index >= 15 is 0 Å². The van der Waals surface area contributed by atoms with E-state index in [1.165, 1.54) is 0 Å². The fraction of sp³-hybridized carbons (Fsp3) is 0.333. The summed E-state index contributed by atoms with van der Waals surface area (Å²) in [5.41, 5.74) is 1.90. The number of aromatic nitrogens is 6. The van der Waals surface area contributed by atoms with Gasteiger partial charge in [0.1, 0.15) is 6.07 Å². The number of nitriles is 1. The summed E-state index contributed by atoms with van der Waals surface area (Å²) in [4.78, 5) is 13.6. The monoisotopic (exact) mass is 462 g/mol. The Morgan fingerprint density at radius 2 is 1.31 bits per heavy atom. The molecule has 0 aliphatic carbocycles. The Balaban J connectivity index is 1.89. The number of hydrogen-bond donors (Lipinski definition) is 0. The topological polar surface area (TPSA) is 89.6 Å². The molecule has 0 spiro atoms. The van der Waals surface area contributed by atoms with Crippen molar-refractivity contribution in [3.8, 4) is 17.7 Å². The van der Waals surface area contributed by atoms with Crippen LogP contribution in [0.4, 0.5) is 5.82 Å². The van der Waals surface area contributed by atoms with Crippen LogP contribution in [0.1, 0.15) is 69.8 Å². The van der Waals surface area contributed by atoms with Gasteiger partial charge < -0.3 is 4.85 Å². The number of fused-ring (bicyclic) bond motifs is 10. The molecule has 1 aliphatic rings. The molecule has 0 fully saturated rings. The lowest BCUT2D eigenvalue weighted by Crippen LogP contribution is -2.40. The summed E-state index contributed by atoms with van der Waals surface area (Å²) < 4.78 is 3.35. The minimum atomic E-state index is -0.573. The summed E-state index contributed by atoms with van der Waals surface area (Å²) >= 11 is 0. The highest BCUT2D eigenvalue weighted by Crippen LogP contribution is 2.47.